The lowest BCUT2D eigenvalue weighted by Crippen LogP contribution is -2.49. The number of hydrogen-bond donors (Lipinski definition) is 0. The number of fused-ring (bicyclic) bond motifs is 6. The molecule has 188 valence electrons. The first-order valence-electron chi connectivity index (χ1n) is 14.4. The molecule has 0 unspecified atom stereocenters. The number of hydrogen-bond acceptors (Lipinski definition) is 2. The highest BCUT2D eigenvalue weighted by atomic mass is 28.3. The number of nitrogens with zero attached hydrogens (tertiary/aromatic N) is 2. The summed E-state index contributed by atoms with van der Waals surface area (Å²) in [5.41, 5.74) is 6.99. The summed E-state index contributed by atoms with van der Waals surface area (Å²) in [6.45, 7) is 6.55. The zero-order valence-electron chi connectivity index (χ0n) is 25.0. The molecule has 0 atom stereocenters. The van der Waals surface area contributed by atoms with Crippen LogP contribution in [0.1, 0.15) is 15.2 Å². The van der Waals surface area contributed by atoms with Crippen molar-refractivity contribution in [2.75, 3.05) is 0 Å². The number of furan rings is 1. The van der Waals surface area contributed by atoms with Gasteiger partial charge in [0.25, 0.3) is 0 Å². The fourth-order valence-electron chi connectivity index (χ4n) is 6.17. The van der Waals surface area contributed by atoms with Crippen LogP contribution < -0.4 is 14.9 Å². The van der Waals surface area contributed by atoms with Gasteiger partial charge in [0.2, 0.25) is 5.69 Å². The lowest BCUT2D eigenvalue weighted by atomic mass is 9.94. The molecular weight excluding hydrogens is 499 g/mol. The molecule has 0 N–H and O–H groups in total. The molecule has 0 aliphatic carbocycles. The topological polar surface area (TPSA) is 40.8 Å². The lowest BCUT2D eigenvalue weighted by Gasteiger charge is -2.19. The fourth-order valence-corrected chi connectivity index (χ4v) is 9.28. The minimum atomic E-state index is -1.97. The maximum Gasteiger partial charge on any atom is 0.219 e. The third-order valence-corrected chi connectivity index (χ3v) is 11.7. The molecule has 2 aromatic heterocycles. The van der Waals surface area contributed by atoms with Crippen molar-refractivity contribution in [3.8, 4) is 39.6 Å². The lowest BCUT2D eigenvalue weighted by molar-refractivity contribution is -0.660. The third-order valence-electron chi connectivity index (χ3n) is 8.14. The van der Waals surface area contributed by atoms with Gasteiger partial charge in [-0.15, -0.1) is 0 Å². The second-order valence-corrected chi connectivity index (χ2v) is 15.1. The molecular formula is C34H26FN2OSi+. The Hall–Kier alpha value is -4.53. The Morgan fingerprint density at radius 3 is 2.44 bits per heavy atom. The van der Waals surface area contributed by atoms with Gasteiger partial charge < -0.3 is 4.42 Å². The Kier molecular flexibility index (Phi) is 4.31. The van der Waals surface area contributed by atoms with Crippen LogP contribution in [0.2, 0.25) is 13.1 Å². The molecule has 3 nitrogen and oxygen atoms in total. The Balaban J connectivity index is 1.54. The molecule has 3 heterocycles. The van der Waals surface area contributed by atoms with E-state index in [4.69, 9.17) is 8.53 Å². The van der Waals surface area contributed by atoms with E-state index in [1.54, 1.807) is 7.05 Å². The van der Waals surface area contributed by atoms with Gasteiger partial charge in [-0.05, 0) is 51.7 Å². The summed E-state index contributed by atoms with van der Waals surface area (Å²) in [4.78, 5) is 0. The van der Waals surface area contributed by atoms with Gasteiger partial charge in [-0.3, -0.25) is 0 Å². The van der Waals surface area contributed by atoms with E-state index in [0.29, 0.717) is 27.9 Å². The van der Waals surface area contributed by atoms with E-state index in [2.05, 4.69) is 61.6 Å². The van der Waals surface area contributed by atoms with Crippen LogP contribution in [0.3, 0.4) is 0 Å². The smallest absolute Gasteiger partial charge is 0.219 e. The summed E-state index contributed by atoms with van der Waals surface area (Å²) in [6.07, 6.45) is -0.329. The fraction of sp³-hybridized carbons (Fsp3) is 0.118. The average molecular weight is 529 g/mol. The Morgan fingerprint density at radius 1 is 0.923 bits per heavy atom. The Bertz CT molecular complexity index is 2190. The van der Waals surface area contributed by atoms with Crippen LogP contribution in [0, 0.1) is 24.1 Å². The normalized spacial score (nSPS) is 14.5. The summed E-state index contributed by atoms with van der Waals surface area (Å²) >= 11 is 0. The van der Waals surface area contributed by atoms with E-state index >= 15 is 0 Å². The monoisotopic (exact) mass is 528 g/mol. The summed E-state index contributed by atoms with van der Waals surface area (Å²) in [5, 5.41) is 14.5. The molecule has 0 radical (unpaired) electrons. The zero-order valence-corrected chi connectivity index (χ0v) is 23.0. The van der Waals surface area contributed by atoms with Crippen molar-refractivity contribution in [1.82, 2.24) is 0 Å². The van der Waals surface area contributed by atoms with Gasteiger partial charge in [-0.2, -0.15) is 5.26 Å². The molecule has 0 amide bonds. The van der Waals surface area contributed by atoms with E-state index in [0.717, 1.165) is 21.9 Å². The predicted molar refractivity (Wildman–Crippen MR) is 157 cm³/mol. The van der Waals surface area contributed by atoms with Gasteiger partial charge in [0.15, 0.2) is 6.17 Å². The van der Waals surface area contributed by atoms with Gasteiger partial charge >= 0.3 is 0 Å². The molecule has 0 fully saturated rings. The molecule has 0 bridgehead atoms. The van der Waals surface area contributed by atoms with Crippen molar-refractivity contribution in [3.63, 3.8) is 0 Å². The molecule has 4 aromatic carbocycles. The maximum atomic E-state index is 14.9. The number of pyridine rings is 1. The van der Waals surface area contributed by atoms with Crippen molar-refractivity contribution in [2.45, 2.75) is 20.0 Å². The molecule has 5 heteroatoms. The predicted octanol–water partition coefficient (Wildman–Crippen LogP) is 6.87. The molecule has 0 spiro atoms. The average Bonchev–Trinajstić information content (AvgIpc) is 3.48. The standard InChI is InChI=1S/C34H26FN2OSi/c1-20-9-12-26-27-14-11-22(19-36)32(34(27)38-33(26)31(20)28-18-23(35)15-16-37(28)2)21-10-13-25-24-7-5-6-8-29(24)39(3,4)30(25)17-21/h5-18H,1-4H3/q+1/i15D,16D,18D. The molecule has 6 aromatic rings. The zero-order chi connectivity index (χ0) is 29.7. The highest BCUT2D eigenvalue weighted by Crippen LogP contribution is 2.42. The first kappa shape index (κ1) is 20.4. The van der Waals surface area contributed by atoms with E-state index in [1.165, 1.54) is 26.1 Å². The van der Waals surface area contributed by atoms with Crippen LogP contribution in [-0.4, -0.2) is 8.07 Å². The van der Waals surface area contributed by atoms with Gasteiger partial charge in [0.05, 0.1) is 19.9 Å². The number of benzene rings is 4. The number of nitriles is 1. The maximum absolute atomic E-state index is 14.9. The van der Waals surface area contributed by atoms with Crippen molar-refractivity contribution >= 4 is 40.4 Å². The number of aromatic nitrogens is 1. The van der Waals surface area contributed by atoms with E-state index in [1.807, 2.05) is 31.2 Å². The minimum absolute atomic E-state index is 0.167. The van der Waals surface area contributed by atoms with Crippen molar-refractivity contribution in [1.29, 1.82) is 5.26 Å². The van der Waals surface area contributed by atoms with Crippen LogP contribution >= 0.6 is 0 Å². The summed E-state index contributed by atoms with van der Waals surface area (Å²) in [7, 11) is -0.410. The number of aryl methyl sites for hydroxylation is 1. The molecule has 0 saturated heterocycles. The minimum Gasteiger partial charge on any atom is -0.454 e. The van der Waals surface area contributed by atoms with Crippen LogP contribution in [0.15, 0.2) is 89.4 Å². The van der Waals surface area contributed by atoms with E-state index in [9.17, 15) is 9.65 Å². The number of rotatable bonds is 2. The summed E-state index contributed by atoms with van der Waals surface area (Å²) < 4.78 is 47.7. The van der Waals surface area contributed by atoms with Crippen LogP contribution in [0.4, 0.5) is 4.39 Å². The van der Waals surface area contributed by atoms with Crippen LogP contribution in [0.25, 0.3) is 55.4 Å². The van der Waals surface area contributed by atoms with Crippen LogP contribution in [0.5, 0.6) is 0 Å². The second-order valence-electron chi connectivity index (χ2n) is 10.7. The summed E-state index contributed by atoms with van der Waals surface area (Å²) in [5.74, 6) is -1.04. The highest BCUT2D eigenvalue weighted by molar-refractivity contribution is 7.03. The first-order valence-corrected chi connectivity index (χ1v) is 15.9. The third kappa shape index (κ3) is 3.28. The Labute approximate surface area is 231 Å². The number of halogens is 1. The molecule has 0 saturated carbocycles. The van der Waals surface area contributed by atoms with E-state index < -0.39 is 26.0 Å². The Morgan fingerprint density at radius 2 is 1.64 bits per heavy atom. The van der Waals surface area contributed by atoms with Crippen molar-refractivity contribution in [2.24, 2.45) is 7.05 Å². The van der Waals surface area contributed by atoms with E-state index in [-0.39, 0.29) is 11.9 Å². The van der Waals surface area contributed by atoms with Gasteiger partial charge in [-0.25, -0.2) is 8.96 Å². The van der Waals surface area contributed by atoms with Gasteiger partial charge in [0.1, 0.15) is 33.5 Å². The molecule has 1 aliphatic heterocycles. The van der Waals surface area contributed by atoms with Crippen molar-refractivity contribution < 1.29 is 17.5 Å². The molecule has 1 aliphatic rings. The SMILES string of the molecule is [2H]c1c(F)c([2H])c(-c2c(C)ccc3c2oc2c(-c4ccc5c(c4)[Si](C)(C)c4ccccc4-5)c(C#N)ccc23)[n+](C)c1[2H]. The largest absolute Gasteiger partial charge is 0.454 e. The summed E-state index contributed by atoms with van der Waals surface area (Å²) in [6, 6.07) is 23.8. The van der Waals surface area contributed by atoms with Gasteiger partial charge in [-0.1, -0.05) is 67.7 Å². The quantitative estimate of drug-likeness (QED) is 0.182. The first-order chi connectivity index (χ1) is 20.1. The highest BCUT2D eigenvalue weighted by Gasteiger charge is 2.37. The van der Waals surface area contributed by atoms with Gasteiger partial charge in [0, 0.05) is 28.4 Å². The van der Waals surface area contributed by atoms with Crippen molar-refractivity contribution in [3.05, 3.63) is 102 Å². The van der Waals surface area contributed by atoms with Crippen LogP contribution in [-0.2, 0) is 7.05 Å². The molecule has 39 heavy (non-hydrogen) atoms. The second kappa shape index (κ2) is 8.23. The molecule has 7 rings (SSSR count).